The monoisotopic (exact) mass is 920 g/mol. The van der Waals surface area contributed by atoms with Gasteiger partial charge in [-0.2, -0.15) is 0 Å². The van der Waals surface area contributed by atoms with E-state index in [-0.39, 0.29) is 47.8 Å². The van der Waals surface area contributed by atoms with Crippen molar-refractivity contribution in [1.82, 2.24) is 40.4 Å². The number of nitrogens with one attached hydrogen (secondary N) is 4. The third-order valence-electron chi connectivity index (χ3n) is 16.1. The van der Waals surface area contributed by atoms with E-state index in [4.69, 9.17) is 19.4 Å². The van der Waals surface area contributed by atoms with Gasteiger partial charge in [-0.3, -0.25) is 9.59 Å². The molecule has 2 aromatic heterocycles. The van der Waals surface area contributed by atoms with Gasteiger partial charge in [0.15, 0.2) is 0 Å². The topological polar surface area (TPSA) is 215 Å². The van der Waals surface area contributed by atoms with Crippen LogP contribution >= 0.6 is 0 Å². The molecule has 6 heterocycles. The minimum atomic E-state index is -1.19. The summed E-state index contributed by atoms with van der Waals surface area (Å²) in [6.07, 6.45) is 3.64. The van der Waals surface area contributed by atoms with E-state index in [0.717, 1.165) is 104 Å². The largest absolute Gasteiger partial charge is 0.465 e. The van der Waals surface area contributed by atoms with Crippen molar-refractivity contribution in [3.05, 3.63) is 83.4 Å². The molecule has 2 saturated carbocycles. The normalized spacial score (nSPS) is 25.6. The number of carbonyl (C=O) groups is 4. The third-order valence-corrected chi connectivity index (χ3v) is 16.1. The van der Waals surface area contributed by atoms with E-state index in [1.54, 1.807) is 0 Å². The molecule has 6 aromatic rings. The van der Waals surface area contributed by atoms with E-state index in [1.807, 2.05) is 15.9 Å². The van der Waals surface area contributed by atoms with Gasteiger partial charge in [-0.05, 0) is 163 Å². The molecule has 2 unspecified atom stereocenters. The molecule has 68 heavy (non-hydrogen) atoms. The van der Waals surface area contributed by atoms with Crippen molar-refractivity contribution >= 4 is 56.8 Å². The second-order valence-electron chi connectivity index (χ2n) is 20.2. The van der Waals surface area contributed by atoms with Gasteiger partial charge in [0, 0.05) is 38.5 Å². The summed E-state index contributed by atoms with van der Waals surface area (Å²) >= 11 is 0. The molecule has 2 aliphatic carbocycles. The lowest BCUT2D eigenvalue weighted by atomic mass is 9.89. The summed E-state index contributed by atoms with van der Waals surface area (Å²) in [5.74, 6) is 1.70. The zero-order valence-corrected chi connectivity index (χ0v) is 38.2. The van der Waals surface area contributed by atoms with Gasteiger partial charge in [0.1, 0.15) is 23.7 Å². The smallest absolute Gasteiger partial charge is 0.405 e. The minimum Gasteiger partial charge on any atom is -0.465 e. The number of piperidine rings is 2. The average Bonchev–Trinajstić information content (AvgIpc) is 4.00. The predicted molar refractivity (Wildman–Crippen MR) is 253 cm³/mol. The van der Waals surface area contributed by atoms with E-state index >= 15 is 0 Å². The summed E-state index contributed by atoms with van der Waals surface area (Å²) in [5.41, 5.74) is 10.0. The Morgan fingerprint density at radius 2 is 1.10 bits per heavy atom. The summed E-state index contributed by atoms with van der Waals surface area (Å²) in [7, 11) is 0. The first-order valence-electron chi connectivity index (χ1n) is 24.3. The van der Waals surface area contributed by atoms with Gasteiger partial charge in [-0.15, -0.1) is 0 Å². The number of hydrogen-bond acceptors (Lipinski definition) is 8. The molecule has 4 amide bonds. The summed E-state index contributed by atoms with van der Waals surface area (Å²) in [6.45, 7) is 6.38. The maximum Gasteiger partial charge on any atom is 0.405 e. The van der Waals surface area contributed by atoms with E-state index in [2.05, 4.69) is 89.0 Å². The molecule has 16 heteroatoms. The number of H-pyrrole nitrogens is 2. The van der Waals surface area contributed by atoms with Crippen molar-refractivity contribution in [2.75, 3.05) is 26.4 Å². The molecule has 6 N–H and O–H groups in total. The Bertz CT molecular complexity index is 3030. The maximum absolute atomic E-state index is 14.2. The summed E-state index contributed by atoms with van der Waals surface area (Å²) in [6, 6.07) is 19.4. The summed E-state index contributed by atoms with van der Waals surface area (Å²) in [5, 5.41) is 26.8. The van der Waals surface area contributed by atoms with Crippen LogP contribution in [0.15, 0.2) is 60.7 Å². The minimum absolute atomic E-state index is 0.101. The molecule has 0 bridgehead atoms. The zero-order chi connectivity index (χ0) is 46.5. The molecule has 6 fully saturated rings. The Labute approximate surface area is 392 Å². The number of benzene rings is 4. The van der Waals surface area contributed by atoms with Crippen LogP contribution in [-0.2, 0) is 19.1 Å². The number of amides is 4. The molecule has 0 spiro atoms. The Balaban J connectivity index is 0.794. The third kappa shape index (κ3) is 7.52. The first-order valence-corrected chi connectivity index (χ1v) is 24.3. The quantitative estimate of drug-likeness (QED) is 0.0779. The highest BCUT2D eigenvalue weighted by atomic mass is 16.5. The van der Waals surface area contributed by atoms with Crippen molar-refractivity contribution in [1.29, 1.82) is 0 Å². The molecule has 4 saturated heterocycles. The van der Waals surface area contributed by atoms with Gasteiger partial charge in [-0.1, -0.05) is 30.3 Å². The van der Waals surface area contributed by atoms with Crippen LogP contribution in [0.1, 0.15) is 86.2 Å². The van der Waals surface area contributed by atoms with Gasteiger partial charge in [-0.25, -0.2) is 19.6 Å². The van der Waals surface area contributed by atoms with Crippen LogP contribution in [0.5, 0.6) is 0 Å². The highest BCUT2D eigenvalue weighted by Crippen LogP contribution is 2.55. The van der Waals surface area contributed by atoms with Crippen LogP contribution < -0.4 is 10.6 Å². The van der Waals surface area contributed by atoms with E-state index in [1.165, 1.54) is 0 Å². The number of aromatic nitrogens is 4. The zero-order valence-electron chi connectivity index (χ0n) is 38.2. The first kappa shape index (κ1) is 42.8. The van der Waals surface area contributed by atoms with Crippen molar-refractivity contribution < 1.29 is 38.9 Å². The van der Waals surface area contributed by atoms with Crippen LogP contribution in [0.3, 0.4) is 0 Å². The summed E-state index contributed by atoms with van der Waals surface area (Å²) < 4.78 is 11.1. The number of imidazole rings is 2. The Morgan fingerprint density at radius 1 is 0.632 bits per heavy atom. The fourth-order valence-electron chi connectivity index (χ4n) is 12.6. The van der Waals surface area contributed by atoms with Gasteiger partial charge < -0.3 is 50.1 Å². The SMILES string of the molecule is Cc1cc2cc(-c3ccc4[nH]c([C@@H]5C[C@H]6CC6N5C(=O)[C@H](NC(=O)O)C5CCOCC5)nc4c3)ccc2c(C)c1-c1ccc2[nH]c([C@@H]3C[C@H]4CC4N3C(=O)[C@H](NC(=O)O)C3CCOCC3)nc2c1. The van der Waals surface area contributed by atoms with E-state index < -0.39 is 24.3 Å². The Hall–Kier alpha value is -6.52. The fraction of sp³-hybridized carbons (Fsp3) is 0.462. The Kier molecular flexibility index (Phi) is 10.5. The number of likely N-dealkylation sites (tertiary alicyclic amines) is 2. The number of ether oxygens (including phenoxy) is 2. The fourth-order valence-corrected chi connectivity index (χ4v) is 12.6. The molecular weight excluding hydrogens is 865 g/mol. The Morgan fingerprint density at radius 3 is 1.62 bits per heavy atom. The molecule has 16 nitrogen and oxygen atoms in total. The lowest BCUT2D eigenvalue weighted by Crippen LogP contribution is -2.53. The molecule has 0 radical (unpaired) electrons. The lowest BCUT2D eigenvalue weighted by Gasteiger charge is -2.35. The standard InChI is InChI=1S/C52H56N8O8/c1-25-17-32-18-29(30-4-7-36-38(19-30)55-47(53-36)42-23-33-21-40(33)59(42)49(61)45(57-51(63)64)27-9-13-67-14-10-27)3-6-35(32)26(2)44(25)31-5-8-37-39(20-31)56-48(54-37)43-24-34-22-41(34)60(43)50(62)46(58-52(65)66)28-11-15-68-16-12-28/h3-8,17-20,27-28,33-34,40-43,45-46,57-58H,9-16,21-24H2,1-2H3,(H,53,55)(H,54,56)(H,63,64)(H,65,66)/t33-,34-,40?,41?,42+,43+,45-,46-/m1/s1. The van der Waals surface area contributed by atoms with Crippen molar-refractivity contribution in [2.45, 2.75) is 101 Å². The lowest BCUT2D eigenvalue weighted by molar-refractivity contribution is -0.138. The molecule has 6 aliphatic rings. The van der Waals surface area contributed by atoms with Gasteiger partial charge >= 0.3 is 12.2 Å². The second kappa shape index (κ2) is 16.6. The number of carboxylic acid groups (broad SMARTS) is 2. The van der Waals surface area contributed by atoms with E-state index in [0.29, 0.717) is 63.9 Å². The molecule has 12 rings (SSSR count). The molecule has 4 aliphatic heterocycles. The average molecular weight is 921 g/mol. The molecular formula is C52H56N8O8. The van der Waals surface area contributed by atoms with Gasteiger partial charge in [0.05, 0.1) is 34.2 Å². The second-order valence-corrected chi connectivity index (χ2v) is 20.2. The predicted octanol–water partition coefficient (Wildman–Crippen LogP) is 7.99. The van der Waals surface area contributed by atoms with E-state index in [9.17, 15) is 29.4 Å². The van der Waals surface area contributed by atoms with Crippen molar-refractivity contribution in [3.63, 3.8) is 0 Å². The molecule has 352 valence electrons. The number of carbonyl (C=O) groups excluding carboxylic acids is 2. The highest BCUT2D eigenvalue weighted by molar-refractivity contribution is 5.97. The van der Waals surface area contributed by atoms with Gasteiger partial charge in [0.25, 0.3) is 0 Å². The highest BCUT2D eigenvalue weighted by Gasteiger charge is 2.58. The number of nitrogens with zero attached hydrogens (tertiary/aromatic N) is 4. The summed E-state index contributed by atoms with van der Waals surface area (Å²) in [4.78, 5) is 73.3. The number of aryl methyl sites for hydroxylation is 2. The van der Waals surface area contributed by atoms with Crippen LogP contribution in [0.2, 0.25) is 0 Å². The number of hydrogen-bond donors (Lipinski definition) is 6. The van der Waals surface area contributed by atoms with Crippen molar-refractivity contribution in [3.8, 4) is 22.3 Å². The molecule has 8 atom stereocenters. The van der Waals surface area contributed by atoms with Crippen LogP contribution in [-0.4, -0.2) is 115 Å². The number of fused-ring (bicyclic) bond motifs is 5. The maximum atomic E-state index is 14.2. The van der Waals surface area contributed by atoms with Gasteiger partial charge in [0.2, 0.25) is 11.8 Å². The van der Waals surface area contributed by atoms with Crippen molar-refractivity contribution in [2.24, 2.45) is 23.7 Å². The van der Waals surface area contributed by atoms with Crippen LogP contribution in [0.4, 0.5) is 9.59 Å². The number of rotatable bonds is 10. The number of aromatic amines is 2. The first-order chi connectivity index (χ1) is 33.0. The van der Waals surface area contributed by atoms with Crippen LogP contribution in [0.25, 0.3) is 55.1 Å². The van der Waals surface area contributed by atoms with Crippen LogP contribution in [0, 0.1) is 37.5 Å². The molecule has 4 aromatic carbocycles.